The van der Waals surface area contributed by atoms with Crippen molar-refractivity contribution in [3.05, 3.63) is 29.8 Å². The van der Waals surface area contributed by atoms with Gasteiger partial charge in [0.25, 0.3) is 0 Å². The summed E-state index contributed by atoms with van der Waals surface area (Å²) in [5.41, 5.74) is 0.871. The molecule has 1 saturated heterocycles. The molecule has 17 heavy (non-hydrogen) atoms. The summed E-state index contributed by atoms with van der Waals surface area (Å²) >= 11 is 1.73. The van der Waals surface area contributed by atoms with E-state index in [1.54, 1.807) is 18.9 Å². The predicted octanol–water partition coefficient (Wildman–Crippen LogP) is 4.04. The highest BCUT2D eigenvalue weighted by Gasteiger charge is 2.66. The molecule has 1 aromatic rings. The normalized spacial score (nSPS) is 24.8. The molecule has 1 aliphatic heterocycles. The van der Waals surface area contributed by atoms with Crippen LogP contribution in [0.4, 0.5) is 0 Å². The molecule has 0 aromatic heterocycles. The Morgan fingerprint density at radius 3 is 1.88 bits per heavy atom. The number of thioether (sulfide) groups is 1. The third kappa shape index (κ3) is 2.51. The topological polar surface area (TPSA) is 21.8 Å². The van der Waals surface area contributed by atoms with Crippen LogP contribution in [0.15, 0.2) is 29.2 Å². The molecule has 2 rings (SSSR count). The summed E-state index contributed by atoms with van der Waals surface area (Å²) in [7, 11) is 1.69. The van der Waals surface area contributed by atoms with Gasteiger partial charge in [0.1, 0.15) is 5.60 Å². The zero-order chi connectivity index (χ0) is 13.1. The highest BCUT2D eigenvalue weighted by atomic mass is 32.2. The van der Waals surface area contributed by atoms with E-state index in [1.807, 2.05) is 27.7 Å². The second kappa shape index (κ2) is 5.42. The fourth-order valence-corrected chi connectivity index (χ4v) is 2.36. The van der Waals surface area contributed by atoms with Crippen molar-refractivity contribution >= 4 is 11.8 Å². The summed E-state index contributed by atoms with van der Waals surface area (Å²) in [6.45, 7) is 8.08. The lowest BCUT2D eigenvalue weighted by Crippen LogP contribution is -2.20. The van der Waals surface area contributed by atoms with Crippen molar-refractivity contribution in [3.63, 3.8) is 0 Å². The Balaban J connectivity index is 0.000000686. The second-order valence-corrected chi connectivity index (χ2v) is 5.04. The van der Waals surface area contributed by atoms with Crippen LogP contribution < -0.4 is 0 Å². The minimum atomic E-state index is -0.538. The standard InChI is InChI=1S/C12H16O2S.C2H6/c1-11(2)12(13-3,14-11)9-5-7-10(15-4)8-6-9;1-2/h5-8H,1-4H3;1-2H3. The van der Waals surface area contributed by atoms with Crippen molar-refractivity contribution in [1.82, 2.24) is 0 Å². The Bertz CT molecular complexity index is 359. The molecule has 1 heterocycles. The van der Waals surface area contributed by atoms with Crippen LogP contribution in [0.1, 0.15) is 33.3 Å². The molecule has 1 fully saturated rings. The van der Waals surface area contributed by atoms with Crippen molar-refractivity contribution in [2.45, 2.75) is 44.0 Å². The molecule has 1 aliphatic rings. The summed E-state index contributed by atoms with van der Waals surface area (Å²) in [5, 5.41) is 0. The Morgan fingerprint density at radius 2 is 1.59 bits per heavy atom. The van der Waals surface area contributed by atoms with Crippen LogP contribution in [0.2, 0.25) is 0 Å². The molecule has 96 valence electrons. The molecule has 3 heteroatoms. The van der Waals surface area contributed by atoms with E-state index in [1.165, 1.54) is 4.90 Å². The van der Waals surface area contributed by atoms with Gasteiger partial charge in [-0.2, -0.15) is 0 Å². The van der Waals surface area contributed by atoms with E-state index in [9.17, 15) is 0 Å². The molecule has 0 N–H and O–H groups in total. The number of rotatable bonds is 3. The van der Waals surface area contributed by atoms with E-state index in [-0.39, 0.29) is 5.60 Å². The van der Waals surface area contributed by atoms with Crippen molar-refractivity contribution in [1.29, 1.82) is 0 Å². The summed E-state index contributed by atoms with van der Waals surface area (Å²) in [5.74, 6) is -0.538. The lowest BCUT2D eigenvalue weighted by atomic mass is 9.99. The second-order valence-electron chi connectivity index (χ2n) is 4.16. The summed E-state index contributed by atoms with van der Waals surface area (Å²) < 4.78 is 11.2. The van der Waals surface area contributed by atoms with Gasteiger partial charge in [-0.25, -0.2) is 0 Å². The van der Waals surface area contributed by atoms with Crippen LogP contribution in [-0.2, 0) is 15.3 Å². The summed E-state index contributed by atoms with van der Waals surface area (Å²) in [4.78, 5) is 1.25. The predicted molar refractivity (Wildman–Crippen MR) is 73.4 cm³/mol. The van der Waals surface area contributed by atoms with Crippen LogP contribution in [0.5, 0.6) is 0 Å². The maximum Gasteiger partial charge on any atom is 0.225 e. The van der Waals surface area contributed by atoms with E-state index in [4.69, 9.17) is 9.47 Å². The van der Waals surface area contributed by atoms with Crippen molar-refractivity contribution in [2.75, 3.05) is 13.4 Å². The molecule has 0 aliphatic carbocycles. The maximum absolute atomic E-state index is 5.67. The average Bonchev–Trinajstić information content (AvgIpc) is 2.95. The lowest BCUT2D eigenvalue weighted by Gasteiger charge is -2.13. The number of benzene rings is 1. The monoisotopic (exact) mass is 254 g/mol. The zero-order valence-electron chi connectivity index (χ0n) is 11.5. The minimum absolute atomic E-state index is 0.220. The fourth-order valence-electron chi connectivity index (χ4n) is 1.96. The molecule has 0 bridgehead atoms. The van der Waals surface area contributed by atoms with Gasteiger partial charge < -0.3 is 9.47 Å². The molecule has 0 radical (unpaired) electrons. The number of ether oxygens (including phenoxy) is 2. The first-order valence-corrected chi connectivity index (χ1v) is 7.18. The third-order valence-corrected chi connectivity index (χ3v) is 3.65. The van der Waals surface area contributed by atoms with E-state index in [2.05, 4.69) is 30.5 Å². The van der Waals surface area contributed by atoms with Gasteiger partial charge in [0.05, 0.1) is 0 Å². The molecule has 0 spiro atoms. The smallest absolute Gasteiger partial charge is 0.225 e. The molecule has 0 saturated carbocycles. The third-order valence-electron chi connectivity index (χ3n) is 2.91. The van der Waals surface area contributed by atoms with E-state index in [0.717, 1.165) is 5.56 Å². The SMILES string of the molecule is CC.COC1(c2ccc(SC)cc2)OC1(C)C. The Labute approximate surface area is 109 Å². The molecule has 0 amide bonds. The fraction of sp³-hybridized carbons (Fsp3) is 0.571. The number of hydrogen-bond donors (Lipinski definition) is 0. The van der Waals surface area contributed by atoms with Gasteiger partial charge >= 0.3 is 0 Å². The Kier molecular flexibility index (Phi) is 4.64. The van der Waals surface area contributed by atoms with Crippen LogP contribution in [0.25, 0.3) is 0 Å². The molecule has 1 atom stereocenters. The summed E-state index contributed by atoms with van der Waals surface area (Å²) in [6.07, 6.45) is 2.07. The zero-order valence-corrected chi connectivity index (χ0v) is 12.4. The average molecular weight is 254 g/mol. The molecule has 1 aromatic carbocycles. The summed E-state index contributed by atoms with van der Waals surface area (Å²) in [6, 6.07) is 8.34. The minimum Gasteiger partial charge on any atom is -0.347 e. The van der Waals surface area contributed by atoms with E-state index >= 15 is 0 Å². The first-order valence-electron chi connectivity index (χ1n) is 5.95. The highest BCUT2D eigenvalue weighted by molar-refractivity contribution is 7.98. The van der Waals surface area contributed by atoms with Crippen LogP contribution in [0.3, 0.4) is 0 Å². The van der Waals surface area contributed by atoms with Gasteiger partial charge in [0, 0.05) is 17.6 Å². The Morgan fingerprint density at radius 1 is 1.12 bits per heavy atom. The maximum atomic E-state index is 5.67. The van der Waals surface area contributed by atoms with E-state index < -0.39 is 5.79 Å². The van der Waals surface area contributed by atoms with Crippen LogP contribution >= 0.6 is 11.8 Å². The van der Waals surface area contributed by atoms with Gasteiger partial charge in [0.15, 0.2) is 0 Å². The van der Waals surface area contributed by atoms with Gasteiger partial charge in [0.2, 0.25) is 5.79 Å². The quantitative estimate of drug-likeness (QED) is 0.600. The van der Waals surface area contributed by atoms with Crippen molar-refractivity contribution in [2.24, 2.45) is 0 Å². The molecular formula is C14H22O2S. The van der Waals surface area contributed by atoms with Crippen molar-refractivity contribution in [3.8, 4) is 0 Å². The van der Waals surface area contributed by atoms with Gasteiger partial charge in [-0.3, -0.25) is 0 Å². The first-order chi connectivity index (χ1) is 8.05. The van der Waals surface area contributed by atoms with Crippen LogP contribution in [0, 0.1) is 0 Å². The van der Waals surface area contributed by atoms with Gasteiger partial charge in [-0.15, -0.1) is 11.8 Å². The highest BCUT2D eigenvalue weighted by Crippen LogP contribution is 2.55. The largest absolute Gasteiger partial charge is 0.347 e. The van der Waals surface area contributed by atoms with Gasteiger partial charge in [-0.05, 0) is 32.2 Å². The van der Waals surface area contributed by atoms with Crippen molar-refractivity contribution < 1.29 is 9.47 Å². The number of hydrogen-bond acceptors (Lipinski definition) is 3. The molecule has 2 nitrogen and oxygen atoms in total. The molecule has 1 unspecified atom stereocenters. The van der Waals surface area contributed by atoms with Gasteiger partial charge in [-0.1, -0.05) is 26.0 Å². The number of epoxide rings is 1. The van der Waals surface area contributed by atoms with E-state index in [0.29, 0.717) is 0 Å². The molecular weight excluding hydrogens is 232 g/mol. The Hall–Kier alpha value is -0.510. The van der Waals surface area contributed by atoms with Crippen LogP contribution in [-0.4, -0.2) is 19.0 Å². The number of methoxy groups -OCH3 is 1. The lowest BCUT2D eigenvalue weighted by molar-refractivity contribution is -0.0148. The first kappa shape index (κ1) is 14.6.